The second-order valence-electron chi connectivity index (χ2n) is 7.17. The number of hydrogen-bond donors (Lipinski definition) is 1. The molecule has 0 bridgehead atoms. The maximum atomic E-state index is 11.2. The van der Waals surface area contributed by atoms with Gasteiger partial charge in [0.2, 0.25) is 0 Å². The summed E-state index contributed by atoms with van der Waals surface area (Å²) in [6, 6.07) is 7.05. The van der Waals surface area contributed by atoms with E-state index in [-0.39, 0.29) is 0 Å². The van der Waals surface area contributed by atoms with Crippen LogP contribution < -0.4 is 0 Å². The normalized spacial score (nSPS) is 13.3. The number of carboxylic acid groups (broad SMARTS) is 1. The number of nitrogens with zero attached hydrogens (tertiary/aromatic N) is 2. The summed E-state index contributed by atoms with van der Waals surface area (Å²) in [4.78, 5) is 18.7. The minimum atomic E-state index is -1.43. The predicted molar refractivity (Wildman–Crippen MR) is 110 cm³/mol. The van der Waals surface area contributed by atoms with E-state index in [1.807, 2.05) is 24.5 Å². The summed E-state index contributed by atoms with van der Waals surface area (Å²) in [5.74, 6) is -0.431. The summed E-state index contributed by atoms with van der Waals surface area (Å²) < 4.78 is 0. The SMILES string of the molecule is CCCCCCCCCc1cnc(-c2ccc([C@@](C)(Cl)C(=O)O)cc2)nc1. The topological polar surface area (TPSA) is 63.1 Å². The Morgan fingerprint density at radius 1 is 1.00 bits per heavy atom. The van der Waals surface area contributed by atoms with Gasteiger partial charge in [0.05, 0.1) is 0 Å². The fourth-order valence-electron chi connectivity index (χ4n) is 2.97. The number of alkyl halides is 1. The van der Waals surface area contributed by atoms with Crippen molar-refractivity contribution in [1.29, 1.82) is 0 Å². The Morgan fingerprint density at radius 2 is 1.56 bits per heavy atom. The van der Waals surface area contributed by atoms with Gasteiger partial charge in [-0.05, 0) is 30.9 Å². The first kappa shape index (κ1) is 21.4. The zero-order valence-electron chi connectivity index (χ0n) is 16.2. The molecule has 2 rings (SSSR count). The molecule has 0 radical (unpaired) electrons. The summed E-state index contributed by atoms with van der Waals surface area (Å²) in [7, 11) is 0. The highest BCUT2D eigenvalue weighted by Gasteiger charge is 2.32. The van der Waals surface area contributed by atoms with Gasteiger partial charge < -0.3 is 5.11 Å². The van der Waals surface area contributed by atoms with E-state index in [9.17, 15) is 9.90 Å². The van der Waals surface area contributed by atoms with Crippen LogP contribution in [0.15, 0.2) is 36.7 Å². The van der Waals surface area contributed by atoms with Crippen LogP contribution in [0.3, 0.4) is 0 Å². The first-order valence-electron chi connectivity index (χ1n) is 9.79. The number of halogens is 1. The zero-order valence-corrected chi connectivity index (χ0v) is 17.0. The van der Waals surface area contributed by atoms with E-state index in [1.165, 1.54) is 51.9 Å². The molecule has 0 saturated heterocycles. The van der Waals surface area contributed by atoms with Crippen LogP contribution in [0.25, 0.3) is 11.4 Å². The summed E-state index contributed by atoms with van der Waals surface area (Å²) in [5.41, 5.74) is 2.54. The lowest BCUT2D eigenvalue weighted by Gasteiger charge is -2.17. The van der Waals surface area contributed by atoms with E-state index in [4.69, 9.17) is 11.6 Å². The Labute approximate surface area is 167 Å². The van der Waals surface area contributed by atoms with Gasteiger partial charge in [-0.3, -0.25) is 0 Å². The van der Waals surface area contributed by atoms with Gasteiger partial charge in [0.25, 0.3) is 0 Å². The fraction of sp³-hybridized carbons (Fsp3) is 0.500. The van der Waals surface area contributed by atoms with Gasteiger partial charge in [0.1, 0.15) is 0 Å². The minimum absolute atomic E-state index is 0.538. The van der Waals surface area contributed by atoms with E-state index >= 15 is 0 Å². The first-order chi connectivity index (χ1) is 12.9. The number of carboxylic acids is 1. The number of rotatable bonds is 11. The standard InChI is InChI=1S/C22H29ClN2O2/c1-3-4-5-6-7-8-9-10-17-15-24-20(25-16-17)18-11-13-19(14-12-18)22(2,23)21(26)27/h11-16H,3-10H2,1-2H3,(H,26,27)/t22-/m1/s1. The van der Waals surface area contributed by atoms with Crippen LogP contribution in [-0.2, 0) is 16.1 Å². The lowest BCUT2D eigenvalue weighted by atomic mass is 9.99. The maximum Gasteiger partial charge on any atom is 0.329 e. The molecule has 1 heterocycles. The molecule has 1 aromatic carbocycles. The monoisotopic (exact) mass is 388 g/mol. The van der Waals surface area contributed by atoms with Crippen LogP contribution in [0.4, 0.5) is 0 Å². The highest BCUT2D eigenvalue weighted by atomic mass is 35.5. The maximum absolute atomic E-state index is 11.2. The van der Waals surface area contributed by atoms with Gasteiger partial charge in [0, 0.05) is 18.0 Å². The Bertz CT molecular complexity index is 712. The molecule has 0 aliphatic carbocycles. The molecule has 0 amide bonds. The molecule has 2 aromatic rings. The minimum Gasteiger partial charge on any atom is -0.480 e. The zero-order chi connectivity index (χ0) is 19.7. The van der Waals surface area contributed by atoms with Crippen molar-refractivity contribution in [2.24, 2.45) is 0 Å². The van der Waals surface area contributed by atoms with Crippen molar-refractivity contribution in [1.82, 2.24) is 9.97 Å². The highest BCUT2D eigenvalue weighted by Crippen LogP contribution is 2.30. The van der Waals surface area contributed by atoms with E-state index in [1.54, 1.807) is 12.1 Å². The summed E-state index contributed by atoms with van der Waals surface area (Å²) in [6.45, 7) is 3.71. The second kappa shape index (κ2) is 10.4. The molecule has 146 valence electrons. The molecule has 4 nitrogen and oxygen atoms in total. The van der Waals surface area contributed by atoms with Gasteiger partial charge in [-0.25, -0.2) is 14.8 Å². The number of benzene rings is 1. The van der Waals surface area contributed by atoms with Crippen LogP contribution in [0.2, 0.25) is 0 Å². The van der Waals surface area contributed by atoms with Crippen LogP contribution in [0.5, 0.6) is 0 Å². The first-order valence-corrected chi connectivity index (χ1v) is 10.2. The Kier molecular flexibility index (Phi) is 8.23. The molecule has 0 spiro atoms. The number of unbranched alkanes of at least 4 members (excludes halogenated alkanes) is 6. The molecule has 1 aromatic heterocycles. The molecule has 1 N–H and O–H groups in total. The molecule has 0 fully saturated rings. The Morgan fingerprint density at radius 3 is 2.11 bits per heavy atom. The average molecular weight is 389 g/mol. The largest absolute Gasteiger partial charge is 0.480 e. The van der Waals surface area contributed by atoms with E-state index in [0.717, 1.165) is 17.5 Å². The quantitative estimate of drug-likeness (QED) is 0.380. The van der Waals surface area contributed by atoms with Gasteiger partial charge in [-0.15, -0.1) is 11.6 Å². The molecule has 27 heavy (non-hydrogen) atoms. The van der Waals surface area contributed by atoms with Crippen molar-refractivity contribution in [3.05, 3.63) is 47.8 Å². The predicted octanol–water partition coefficient (Wildman–Crippen LogP) is 5.98. The summed E-state index contributed by atoms with van der Waals surface area (Å²) in [6.07, 6.45) is 13.8. The molecule has 1 atom stereocenters. The number of aryl methyl sites for hydroxylation is 1. The van der Waals surface area contributed by atoms with Crippen molar-refractivity contribution in [3.63, 3.8) is 0 Å². The lowest BCUT2D eigenvalue weighted by Crippen LogP contribution is -2.25. The molecule has 5 heteroatoms. The third kappa shape index (κ3) is 6.31. The fourth-order valence-corrected chi connectivity index (χ4v) is 3.10. The molecular formula is C22H29ClN2O2. The van der Waals surface area contributed by atoms with Crippen molar-refractivity contribution < 1.29 is 9.90 Å². The van der Waals surface area contributed by atoms with Crippen molar-refractivity contribution in [3.8, 4) is 11.4 Å². The summed E-state index contributed by atoms with van der Waals surface area (Å²) in [5, 5.41) is 9.20. The van der Waals surface area contributed by atoms with Crippen LogP contribution in [0.1, 0.15) is 69.9 Å². The van der Waals surface area contributed by atoms with Gasteiger partial charge in [-0.2, -0.15) is 0 Å². The molecule has 0 saturated carbocycles. The van der Waals surface area contributed by atoms with Crippen molar-refractivity contribution >= 4 is 17.6 Å². The lowest BCUT2D eigenvalue weighted by molar-refractivity contribution is -0.139. The van der Waals surface area contributed by atoms with Crippen LogP contribution in [0, 0.1) is 0 Å². The molecular weight excluding hydrogens is 360 g/mol. The van der Waals surface area contributed by atoms with Gasteiger partial charge in [0.15, 0.2) is 10.7 Å². The third-order valence-electron chi connectivity index (χ3n) is 4.86. The van der Waals surface area contributed by atoms with E-state index < -0.39 is 10.8 Å². The van der Waals surface area contributed by atoms with E-state index in [2.05, 4.69) is 16.9 Å². The number of carbonyl (C=O) groups is 1. The van der Waals surface area contributed by atoms with Crippen LogP contribution in [-0.4, -0.2) is 21.0 Å². The van der Waals surface area contributed by atoms with E-state index in [0.29, 0.717) is 11.4 Å². The molecule has 0 unspecified atom stereocenters. The average Bonchev–Trinajstić information content (AvgIpc) is 2.68. The Hall–Kier alpha value is -1.94. The smallest absolute Gasteiger partial charge is 0.329 e. The highest BCUT2D eigenvalue weighted by molar-refractivity contribution is 6.33. The van der Waals surface area contributed by atoms with Gasteiger partial charge >= 0.3 is 5.97 Å². The van der Waals surface area contributed by atoms with Crippen molar-refractivity contribution in [2.75, 3.05) is 0 Å². The van der Waals surface area contributed by atoms with Crippen molar-refractivity contribution in [2.45, 2.75) is 70.1 Å². The Balaban J connectivity index is 1.87. The van der Waals surface area contributed by atoms with Crippen LogP contribution >= 0.6 is 11.6 Å². The summed E-state index contributed by atoms with van der Waals surface area (Å²) >= 11 is 6.08. The molecule has 0 aliphatic rings. The third-order valence-corrected chi connectivity index (χ3v) is 5.24. The second-order valence-corrected chi connectivity index (χ2v) is 7.93. The number of hydrogen-bond acceptors (Lipinski definition) is 3. The number of aliphatic carboxylic acids is 1. The number of aromatic nitrogens is 2. The molecule has 0 aliphatic heterocycles. The van der Waals surface area contributed by atoms with Gasteiger partial charge in [-0.1, -0.05) is 69.7 Å².